The Balaban J connectivity index is 1.80. The van der Waals surface area contributed by atoms with Crippen molar-refractivity contribution in [1.82, 2.24) is 9.21 Å². The summed E-state index contributed by atoms with van der Waals surface area (Å²) in [5.41, 5.74) is 0. The Hall–Kier alpha value is -1.60. The fourth-order valence-electron chi connectivity index (χ4n) is 4.67. The van der Waals surface area contributed by atoms with Crippen LogP contribution in [0.1, 0.15) is 65.7 Å². The van der Waals surface area contributed by atoms with Gasteiger partial charge >= 0.3 is 0 Å². The zero-order chi connectivity index (χ0) is 21.9. The van der Waals surface area contributed by atoms with Gasteiger partial charge in [-0.3, -0.25) is 4.79 Å². The van der Waals surface area contributed by atoms with Crippen molar-refractivity contribution in [2.75, 3.05) is 13.1 Å². The molecule has 1 heterocycles. The molecule has 0 radical (unpaired) electrons. The average Bonchev–Trinajstić information content (AvgIpc) is 3.52. The van der Waals surface area contributed by atoms with Crippen LogP contribution < -0.4 is 0 Å². The second kappa shape index (κ2) is 9.69. The number of piperidine rings is 1. The van der Waals surface area contributed by atoms with Crippen LogP contribution in [0, 0.1) is 11.8 Å². The number of hydrogen-bond acceptors (Lipinski definition) is 4. The van der Waals surface area contributed by atoms with Crippen molar-refractivity contribution in [2.24, 2.45) is 11.8 Å². The zero-order valence-electron chi connectivity index (χ0n) is 18.5. The number of nitrogens with zero attached hydrogens (tertiary/aromatic N) is 2. The number of benzene rings is 1. The number of phenols is 1. The molecule has 168 valence electrons. The molecule has 2 aliphatic rings. The smallest absolute Gasteiger partial charge is 0.243 e. The first-order valence-corrected chi connectivity index (χ1v) is 12.8. The van der Waals surface area contributed by atoms with Gasteiger partial charge in [-0.05, 0) is 62.6 Å². The number of amides is 1. The molecule has 1 aromatic rings. The summed E-state index contributed by atoms with van der Waals surface area (Å²) in [4.78, 5) is 15.3. The third kappa shape index (κ3) is 5.35. The molecule has 1 aromatic carbocycles. The van der Waals surface area contributed by atoms with Crippen molar-refractivity contribution in [2.45, 2.75) is 82.7 Å². The Labute approximate surface area is 181 Å². The van der Waals surface area contributed by atoms with Gasteiger partial charge in [0.15, 0.2) is 0 Å². The van der Waals surface area contributed by atoms with E-state index >= 15 is 0 Å². The van der Waals surface area contributed by atoms with E-state index in [9.17, 15) is 18.3 Å². The summed E-state index contributed by atoms with van der Waals surface area (Å²) in [5.74, 6) is 0.607. The van der Waals surface area contributed by atoms with E-state index in [2.05, 4.69) is 20.8 Å². The van der Waals surface area contributed by atoms with Gasteiger partial charge in [0.2, 0.25) is 15.9 Å². The van der Waals surface area contributed by atoms with Crippen molar-refractivity contribution in [3.8, 4) is 5.75 Å². The van der Waals surface area contributed by atoms with Gasteiger partial charge in [0.1, 0.15) is 5.75 Å². The molecular formula is C23H36N2O4S. The molecule has 1 amide bonds. The lowest BCUT2D eigenvalue weighted by molar-refractivity contribution is -0.138. The standard InChI is InChI=1S/C23H36N2O4S/c1-4-7-18(14-17(2)3)23(27)24-13-6-8-20(16-24)25(19-11-12-19)30(28,29)22-10-5-9-21(26)15-22/h5,9-10,15,17-20,26H,4,6-8,11-14,16H2,1-3H3/t18-,20?/m0/s1. The lowest BCUT2D eigenvalue weighted by atomic mass is 9.91. The number of rotatable bonds is 9. The second-order valence-electron chi connectivity index (χ2n) is 9.26. The second-order valence-corrected chi connectivity index (χ2v) is 11.1. The summed E-state index contributed by atoms with van der Waals surface area (Å²) in [5, 5.41) is 9.79. The first-order chi connectivity index (χ1) is 14.2. The molecule has 1 saturated heterocycles. The fourth-order valence-corrected chi connectivity index (χ4v) is 6.60. The van der Waals surface area contributed by atoms with E-state index in [0.717, 1.165) is 44.9 Å². The summed E-state index contributed by atoms with van der Waals surface area (Å²) in [6.07, 6.45) is 6.02. The van der Waals surface area contributed by atoms with Crippen LogP contribution in [0.25, 0.3) is 0 Å². The highest BCUT2D eigenvalue weighted by Crippen LogP contribution is 2.37. The summed E-state index contributed by atoms with van der Waals surface area (Å²) in [7, 11) is -3.72. The summed E-state index contributed by atoms with van der Waals surface area (Å²) >= 11 is 0. The monoisotopic (exact) mass is 436 g/mol. The highest BCUT2D eigenvalue weighted by atomic mass is 32.2. The molecule has 0 aromatic heterocycles. The van der Waals surface area contributed by atoms with Gasteiger partial charge in [-0.1, -0.05) is 33.3 Å². The summed E-state index contributed by atoms with van der Waals surface area (Å²) in [6, 6.07) is 5.69. The third-order valence-corrected chi connectivity index (χ3v) is 8.11. The van der Waals surface area contributed by atoms with Crippen LogP contribution in [0.3, 0.4) is 0 Å². The number of carbonyl (C=O) groups is 1. The van der Waals surface area contributed by atoms with Crippen molar-refractivity contribution in [1.29, 1.82) is 0 Å². The molecule has 1 aliphatic carbocycles. The van der Waals surface area contributed by atoms with Gasteiger partial charge < -0.3 is 10.0 Å². The highest BCUT2D eigenvalue weighted by molar-refractivity contribution is 7.89. The minimum Gasteiger partial charge on any atom is -0.508 e. The van der Waals surface area contributed by atoms with Gasteiger partial charge in [-0.2, -0.15) is 4.31 Å². The molecule has 2 atom stereocenters. The van der Waals surface area contributed by atoms with E-state index in [1.54, 1.807) is 10.4 Å². The van der Waals surface area contributed by atoms with Crippen LogP contribution in [0.15, 0.2) is 29.2 Å². The molecule has 7 heteroatoms. The van der Waals surface area contributed by atoms with Crippen molar-refractivity contribution >= 4 is 15.9 Å². The van der Waals surface area contributed by atoms with Gasteiger partial charge in [-0.25, -0.2) is 8.42 Å². The topological polar surface area (TPSA) is 77.9 Å². The van der Waals surface area contributed by atoms with Crippen LogP contribution in [-0.4, -0.2) is 53.8 Å². The molecule has 0 spiro atoms. The van der Waals surface area contributed by atoms with Crippen LogP contribution in [0.2, 0.25) is 0 Å². The van der Waals surface area contributed by atoms with Crippen molar-refractivity contribution in [3.63, 3.8) is 0 Å². The third-order valence-electron chi connectivity index (χ3n) is 6.11. The van der Waals surface area contributed by atoms with E-state index in [1.165, 1.54) is 18.2 Å². The Kier molecular flexibility index (Phi) is 7.45. The number of sulfonamides is 1. The van der Waals surface area contributed by atoms with Crippen molar-refractivity contribution in [3.05, 3.63) is 24.3 Å². The Morgan fingerprint density at radius 1 is 1.23 bits per heavy atom. The first-order valence-electron chi connectivity index (χ1n) is 11.3. The number of phenolic OH excluding ortho intramolecular Hbond substituents is 1. The highest BCUT2D eigenvalue weighted by Gasteiger charge is 2.44. The van der Waals surface area contributed by atoms with E-state index in [4.69, 9.17) is 0 Å². The van der Waals surface area contributed by atoms with E-state index in [1.807, 2.05) is 4.90 Å². The van der Waals surface area contributed by atoms with Crippen LogP contribution in [0.5, 0.6) is 5.75 Å². The SMILES string of the molecule is CCC[C@@H](CC(C)C)C(=O)N1CCCC(N(C2CC2)S(=O)(=O)c2cccc(O)c2)C1. The summed E-state index contributed by atoms with van der Waals surface area (Å²) < 4.78 is 28.5. The molecule has 0 bridgehead atoms. The average molecular weight is 437 g/mol. The minimum atomic E-state index is -3.72. The molecule has 30 heavy (non-hydrogen) atoms. The number of hydrogen-bond donors (Lipinski definition) is 1. The Morgan fingerprint density at radius 2 is 1.97 bits per heavy atom. The molecule has 1 N–H and O–H groups in total. The lowest BCUT2D eigenvalue weighted by Gasteiger charge is -2.40. The molecule has 6 nitrogen and oxygen atoms in total. The maximum Gasteiger partial charge on any atom is 0.243 e. The van der Waals surface area contributed by atoms with Crippen LogP contribution in [0.4, 0.5) is 0 Å². The fraction of sp³-hybridized carbons (Fsp3) is 0.696. The van der Waals surface area contributed by atoms with Crippen molar-refractivity contribution < 1.29 is 18.3 Å². The van der Waals surface area contributed by atoms with Crippen LogP contribution >= 0.6 is 0 Å². The molecule has 2 fully saturated rings. The predicted octanol–water partition coefficient (Wildman–Crippen LogP) is 4.00. The molecule has 1 saturated carbocycles. The zero-order valence-corrected chi connectivity index (χ0v) is 19.3. The number of likely N-dealkylation sites (tertiary alicyclic amines) is 1. The number of aromatic hydroxyl groups is 1. The molecule has 1 unspecified atom stereocenters. The Morgan fingerprint density at radius 3 is 2.57 bits per heavy atom. The largest absolute Gasteiger partial charge is 0.508 e. The van der Waals surface area contributed by atoms with E-state index < -0.39 is 10.0 Å². The van der Waals surface area contributed by atoms with Crippen LogP contribution in [-0.2, 0) is 14.8 Å². The van der Waals surface area contributed by atoms with Gasteiger partial charge in [0.25, 0.3) is 0 Å². The van der Waals surface area contributed by atoms with Gasteiger partial charge in [0.05, 0.1) is 4.90 Å². The normalized spacial score (nSPS) is 21.2. The van der Waals surface area contributed by atoms with E-state index in [-0.39, 0.29) is 34.6 Å². The van der Waals surface area contributed by atoms with E-state index in [0.29, 0.717) is 19.0 Å². The quantitative estimate of drug-likeness (QED) is 0.635. The minimum absolute atomic E-state index is 0.000459. The number of carbonyl (C=O) groups excluding carboxylic acids is 1. The maximum atomic E-state index is 13.4. The lowest BCUT2D eigenvalue weighted by Crippen LogP contribution is -2.53. The molecule has 1 aliphatic heterocycles. The molecule has 3 rings (SSSR count). The first kappa shape index (κ1) is 23.1. The maximum absolute atomic E-state index is 13.4. The van der Waals surface area contributed by atoms with Gasteiger partial charge in [0, 0.05) is 31.1 Å². The molecular weight excluding hydrogens is 400 g/mol. The Bertz CT molecular complexity index is 835. The predicted molar refractivity (Wildman–Crippen MR) is 118 cm³/mol. The van der Waals surface area contributed by atoms with Gasteiger partial charge in [-0.15, -0.1) is 0 Å². The summed E-state index contributed by atoms with van der Waals surface area (Å²) in [6.45, 7) is 7.57.